The fourth-order valence-electron chi connectivity index (χ4n) is 5.01. The van der Waals surface area contributed by atoms with Gasteiger partial charge in [-0.05, 0) is 58.7 Å². The summed E-state index contributed by atoms with van der Waals surface area (Å²) in [5, 5.41) is 0. The highest BCUT2D eigenvalue weighted by molar-refractivity contribution is 5.79. The number of carbonyl (C=O) groups is 1. The van der Waals surface area contributed by atoms with Gasteiger partial charge >= 0.3 is 0 Å². The summed E-state index contributed by atoms with van der Waals surface area (Å²) in [6.07, 6.45) is 3.64. The van der Waals surface area contributed by atoms with Gasteiger partial charge in [0.25, 0.3) is 0 Å². The second-order valence-corrected chi connectivity index (χ2v) is 9.36. The van der Waals surface area contributed by atoms with Crippen LogP contribution >= 0.6 is 0 Å². The molecule has 3 rings (SSSR count). The monoisotopic (exact) mass is 364 g/mol. The molecular weight excluding hydrogens is 324 g/mol. The Hall–Kier alpha value is -0.650. The summed E-state index contributed by atoms with van der Waals surface area (Å²) in [5.41, 5.74) is 0. The number of nitrogens with zero attached hydrogens (tertiary/aromatic N) is 4. The summed E-state index contributed by atoms with van der Waals surface area (Å²) in [6, 6.07) is 1.30. The number of rotatable bonds is 5. The average molecular weight is 365 g/mol. The van der Waals surface area contributed by atoms with E-state index in [2.05, 4.69) is 47.3 Å². The molecule has 0 spiro atoms. The first-order valence-electron chi connectivity index (χ1n) is 10.9. The van der Waals surface area contributed by atoms with E-state index in [1.807, 2.05) is 0 Å². The van der Waals surface area contributed by atoms with Crippen LogP contribution in [0, 0.1) is 11.8 Å². The third-order valence-corrected chi connectivity index (χ3v) is 6.62. The quantitative estimate of drug-likeness (QED) is 0.746. The zero-order chi connectivity index (χ0) is 18.7. The van der Waals surface area contributed by atoms with Gasteiger partial charge in [-0.25, -0.2) is 0 Å². The molecule has 0 aliphatic carbocycles. The van der Waals surface area contributed by atoms with E-state index in [0.29, 0.717) is 11.9 Å². The van der Waals surface area contributed by atoms with Crippen molar-refractivity contribution >= 4 is 5.91 Å². The van der Waals surface area contributed by atoms with Gasteiger partial charge in [-0.1, -0.05) is 13.8 Å². The van der Waals surface area contributed by atoms with E-state index in [9.17, 15) is 4.79 Å². The lowest BCUT2D eigenvalue weighted by Crippen LogP contribution is -2.55. The normalized spacial score (nSPS) is 27.8. The van der Waals surface area contributed by atoms with Gasteiger partial charge in [-0.3, -0.25) is 9.69 Å². The topological polar surface area (TPSA) is 30.0 Å². The number of hydrogen-bond donors (Lipinski definition) is 0. The van der Waals surface area contributed by atoms with Crippen LogP contribution in [0.3, 0.4) is 0 Å². The van der Waals surface area contributed by atoms with E-state index in [-0.39, 0.29) is 5.92 Å². The summed E-state index contributed by atoms with van der Waals surface area (Å²) >= 11 is 0. The Labute approximate surface area is 160 Å². The Kier molecular flexibility index (Phi) is 6.98. The van der Waals surface area contributed by atoms with Gasteiger partial charge in [0.2, 0.25) is 5.91 Å². The molecule has 0 aromatic carbocycles. The van der Waals surface area contributed by atoms with E-state index in [1.54, 1.807) is 0 Å². The largest absolute Gasteiger partial charge is 0.340 e. The Balaban J connectivity index is 1.40. The average Bonchev–Trinajstić information content (AvgIpc) is 3.12. The van der Waals surface area contributed by atoms with E-state index in [0.717, 1.165) is 57.6 Å². The standard InChI is InChI=1S/C21H40N4O/c1-17(2)15-22-8-6-20(7-9-22)23-11-13-24(14-12-23)21(26)19-5-10-25(16-19)18(3)4/h17-20H,5-16H2,1-4H3/t19-/m0/s1. The van der Waals surface area contributed by atoms with Crippen LogP contribution < -0.4 is 0 Å². The number of piperidine rings is 1. The molecule has 26 heavy (non-hydrogen) atoms. The second kappa shape index (κ2) is 9.03. The SMILES string of the molecule is CC(C)CN1CCC(N2CCN(C(=O)[C@H]3CCN(C(C)C)C3)CC2)CC1. The molecule has 5 nitrogen and oxygen atoms in total. The minimum Gasteiger partial charge on any atom is -0.340 e. The van der Waals surface area contributed by atoms with Crippen molar-refractivity contribution in [1.82, 2.24) is 19.6 Å². The fourth-order valence-corrected chi connectivity index (χ4v) is 5.01. The third kappa shape index (κ3) is 4.99. The van der Waals surface area contributed by atoms with Crippen LogP contribution in [0.25, 0.3) is 0 Å². The molecule has 150 valence electrons. The molecule has 1 amide bonds. The minimum absolute atomic E-state index is 0.239. The Bertz CT molecular complexity index is 451. The molecule has 3 fully saturated rings. The van der Waals surface area contributed by atoms with Gasteiger partial charge in [0.05, 0.1) is 5.92 Å². The molecule has 0 saturated carbocycles. The summed E-state index contributed by atoms with van der Waals surface area (Å²) in [4.78, 5) is 22.8. The van der Waals surface area contributed by atoms with Crippen molar-refractivity contribution in [2.24, 2.45) is 11.8 Å². The van der Waals surface area contributed by atoms with Crippen LogP contribution in [0.5, 0.6) is 0 Å². The predicted molar refractivity (Wildman–Crippen MR) is 107 cm³/mol. The van der Waals surface area contributed by atoms with Crippen molar-refractivity contribution in [3.8, 4) is 0 Å². The summed E-state index contributed by atoms with van der Waals surface area (Å²) in [6.45, 7) is 18.9. The Morgan fingerprint density at radius 2 is 1.54 bits per heavy atom. The Morgan fingerprint density at radius 1 is 0.885 bits per heavy atom. The van der Waals surface area contributed by atoms with Gasteiger partial charge in [0.15, 0.2) is 0 Å². The predicted octanol–water partition coefficient (Wildman–Crippen LogP) is 1.98. The Morgan fingerprint density at radius 3 is 2.08 bits per heavy atom. The molecule has 0 N–H and O–H groups in total. The molecular formula is C21H40N4O. The van der Waals surface area contributed by atoms with Crippen molar-refractivity contribution in [1.29, 1.82) is 0 Å². The lowest BCUT2D eigenvalue weighted by atomic mass is 10.0. The number of piperazine rings is 1. The third-order valence-electron chi connectivity index (χ3n) is 6.62. The van der Waals surface area contributed by atoms with Crippen LogP contribution in [-0.2, 0) is 4.79 Å². The first-order chi connectivity index (χ1) is 12.4. The van der Waals surface area contributed by atoms with Gasteiger partial charge in [0.1, 0.15) is 0 Å². The maximum atomic E-state index is 12.9. The maximum absolute atomic E-state index is 12.9. The lowest BCUT2D eigenvalue weighted by molar-refractivity contribution is -0.137. The molecule has 0 bridgehead atoms. The molecule has 5 heteroatoms. The van der Waals surface area contributed by atoms with Gasteiger partial charge < -0.3 is 14.7 Å². The molecule has 3 heterocycles. The number of carbonyl (C=O) groups excluding carboxylic acids is 1. The van der Waals surface area contributed by atoms with Crippen LogP contribution in [0.2, 0.25) is 0 Å². The summed E-state index contributed by atoms with van der Waals surface area (Å²) in [5.74, 6) is 1.42. The van der Waals surface area contributed by atoms with E-state index in [1.165, 1.54) is 32.5 Å². The van der Waals surface area contributed by atoms with E-state index < -0.39 is 0 Å². The summed E-state index contributed by atoms with van der Waals surface area (Å²) < 4.78 is 0. The summed E-state index contributed by atoms with van der Waals surface area (Å²) in [7, 11) is 0. The second-order valence-electron chi connectivity index (χ2n) is 9.36. The first-order valence-corrected chi connectivity index (χ1v) is 10.9. The molecule has 3 saturated heterocycles. The highest BCUT2D eigenvalue weighted by Crippen LogP contribution is 2.23. The fraction of sp³-hybridized carbons (Fsp3) is 0.952. The number of hydrogen-bond acceptors (Lipinski definition) is 4. The smallest absolute Gasteiger partial charge is 0.227 e. The van der Waals surface area contributed by atoms with Crippen molar-refractivity contribution in [3.05, 3.63) is 0 Å². The van der Waals surface area contributed by atoms with Crippen LogP contribution in [0.1, 0.15) is 47.0 Å². The van der Waals surface area contributed by atoms with E-state index >= 15 is 0 Å². The zero-order valence-electron chi connectivity index (χ0n) is 17.5. The van der Waals surface area contributed by atoms with Crippen LogP contribution in [0.4, 0.5) is 0 Å². The van der Waals surface area contributed by atoms with Crippen molar-refractivity contribution in [2.45, 2.75) is 59.0 Å². The highest BCUT2D eigenvalue weighted by atomic mass is 16.2. The van der Waals surface area contributed by atoms with Crippen molar-refractivity contribution < 1.29 is 4.79 Å². The number of likely N-dealkylation sites (tertiary alicyclic amines) is 2. The van der Waals surface area contributed by atoms with Gasteiger partial charge in [0, 0.05) is 51.4 Å². The molecule has 0 radical (unpaired) electrons. The van der Waals surface area contributed by atoms with Crippen LogP contribution in [-0.4, -0.2) is 96.5 Å². The maximum Gasteiger partial charge on any atom is 0.227 e. The number of amides is 1. The van der Waals surface area contributed by atoms with Crippen molar-refractivity contribution in [2.75, 3.05) is 58.9 Å². The van der Waals surface area contributed by atoms with Gasteiger partial charge in [-0.15, -0.1) is 0 Å². The molecule has 1 atom stereocenters. The van der Waals surface area contributed by atoms with E-state index in [4.69, 9.17) is 0 Å². The minimum atomic E-state index is 0.239. The van der Waals surface area contributed by atoms with Crippen LogP contribution in [0.15, 0.2) is 0 Å². The molecule has 0 unspecified atom stereocenters. The lowest BCUT2D eigenvalue weighted by Gasteiger charge is -2.43. The zero-order valence-corrected chi connectivity index (χ0v) is 17.5. The molecule has 0 aromatic heterocycles. The molecule has 0 aromatic rings. The first kappa shape index (κ1) is 20.1. The molecule has 3 aliphatic heterocycles. The highest BCUT2D eigenvalue weighted by Gasteiger charge is 2.34. The van der Waals surface area contributed by atoms with Gasteiger partial charge in [-0.2, -0.15) is 0 Å². The van der Waals surface area contributed by atoms with Crippen molar-refractivity contribution in [3.63, 3.8) is 0 Å². The molecule has 3 aliphatic rings.